The quantitative estimate of drug-likeness (QED) is 0.716. The molecule has 0 unspecified atom stereocenters. The van der Waals surface area contributed by atoms with Crippen LogP contribution >= 0.6 is 0 Å². The van der Waals surface area contributed by atoms with E-state index in [0.717, 1.165) is 43.9 Å². The summed E-state index contributed by atoms with van der Waals surface area (Å²) in [5.74, 6) is 0.137. The SMILES string of the molecule is CC(=O)c1cccc(CN2CCC[C@H](N(C)CCc3ccccn3)C2)c1. The van der Waals surface area contributed by atoms with Crippen molar-refractivity contribution in [2.24, 2.45) is 0 Å². The number of ketones is 1. The number of carbonyl (C=O) groups is 1. The van der Waals surface area contributed by atoms with E-state index in [1.165, 1.54) is 18.4 Å². The number of likely N-dealkylation sites (tertiary alicyclic amines) is 1. The van der Waals surface area contributed by atoms with Crippen LogP contribution in [0.5, 0.6) is 0 Å². The lowest BCUT2D eigenvalue weighted by atomic mass is 10.0. The van der Waals surface area contributed by atoms with Crippen LogP contribution in [0.1, 0.15) is 41.4 Å². The number of Topliss-reactive ketones (excluding diaryl/α,β-unsaturated/α-hetero) is 1. The minimum absolute atomic E-state index is 0.137. The Morgan fingerprint density at radius 1 is 1.27 bits per heavy atom. The number of nitrogens with zero attached hydrogens (tertiary/aromatic N) is 3. The highest BCUT2D eigenvalue weighted by atomic mass is 16.1. The van der Waals surface area contributed by atoms with Crippen LogP contribution in [0.4, 0.5) is 0 Å². The molecule has 1 aliphatic rings. The zero-order valence-electron chi connectivity index (χ0n) is 15.9. The summed E-state index contributed by atoms with van der Waals surface area (Å²) in [5, 5.41) is 0. The fraction of sp³-hybridized carbons (Fsp3) is 0.455. The maximum atomic E-state index is 11.6. The minimum atomic E-state index is 0.137. The third-order valence-corrected chi connectivity index (χ3v) is 5.29. The molecule has 0 N–H and O–H groups in total. The van der Waals surface area contributed by atoms with Crippen molar-refractivity contribution in [1.82, 2.24) is 14.8 Å². The molecule has 0 bridgehead atoms. The van der Waals surface area contributed by atoms with E-state index in [9.17, 15) is 4.79 Å². The molecule has 1 saturated heterocycles. The number of rotatable bonds is 7. The summed E-state index contributed by atoms with van der Waals surface area (Å²) in [6, 6.07) is 14.8. The molecule has 1 aliphatic heterocycles. The van der Waals surface area contributed by atoms with Crippen LogP contribution < -0.4 is 0 Å². The fourth-order valence-corrected chi connectivity index (χ4v) is 3.70. The normalized spacial score (nSPS) is 18.2. The predicted octanol–water partition coefficient (Wildman–Crippen LogP) is 3.42. The summed E-state index contributed by atoms with van der Waals surface area (Å²) < 4.78 is 0. The number of likely N-dealkylation sites (N-methyl/N-ethyl adjacent to an activating group) is 1. The molecule has 1 atom stereocenters. The van der Waals surface area contributed by atoms with Gasteiger partial charge in [0, 0.05) is 49.6 Å². The molecule has 3 rings (SSSR count). The molecule has 1 aromatic heterocycles. The maximum Gasteiger partial charge on any atom is 0.159 e. The number of hydrogen-bond donors (Lipinski definition) is 0. The van der Waals surface area contributed by atoms with Gasteiger partial charge < -0.3 is 4.90 Å². The minimum Gasteiger partial charge on any atom is -0.302 e. The number of pyridine rings is 1. The third-order valence-electron chi connectivity index (χ3n) is 5.29. The van der Waals surface area contributed by atoms with Crippen LogP contribution in [-0.4, -0.2) is 53.3 Å². The van der Waals surface area contributed by atoms with Gasteiger partial charge in [-0.05, 0) is 57.1 Å². The monoisotopic (exact) mass is 351 g/mol. The number of benzene rings is 1. The van der Waals surface area contributed by atoms with Gasteiger partial charge in [0.2, 0.25) is 0 Å². The zero-order chi connectivity index (χ0) is 18.4. The number of hydrogen-bond acceptors (Lipinski definition) is 4. The van der Waals surface area contributed by atoms with Gasteiger partial charge in [-0.1, -0.05) is 24.3 Å². The highest BCUT2D eigenvalue weighted by Gasteiger charge is 2.23. The van der Waals surface area contributed by atoms with Gasteiger partial charge >= 0.3 is 0 Å². The first-order chi connectivity index (χ1) is 12.6. The second kappa shape index (κ2) is 9.06. The van der Waals surface area contributed by atoms with Crippen molar-refractivity contribution >= 4 is 5.78 Å². The Labute approximate surface area is 156 Å². The van der Waals surface area contributed by atoms with Crippen LogP contribution in [0.3, 0.4) is 0 Å². The molecule has 0 spiro atoms. The molecule has 2 aromatic rings. The van der Waals surface area contributed by atoms with E-state index in [2.05, 4.69) is 40.0 Å². The Morgan fingerprint density at radius 2 is 2.15 bits per heavy atom. The molecule has 138 valence electrons. The lowest BCUT2D eigenvalue weighted by Crippen LogP contribution is -2.46. The van der Waals surface area contributed by atoms with Crippen molar-refractivity contribution < 1.29 is 4.79 Å². The number of piperidine rings is 1. The highest BCUT2D eigenvalue weighted by Crippen LogP contribution is 2.18. The standard InChI is InChI=1S/C22H29N3O/c1-18(26)20-8-5-7-19(15-20)16-25-13-6-10-22(17-25)24(2)14-11-21-9-3-4-12-23-21/h3-5,7-9,12,15,22H,6,10-11,13-14,16-17H2,1-2H3/t22-/m0/s1. The number of aromatic nitrogens is 1. The van der Waals surface area contributed by atoms with E-state index >= 15 is 0 Å². The number of carbonyl (C=O) groups excluding carboxylic acids is 1. The van der Waals surface area contributed by atoms with Crippen molar-refractivity contribution in [3.63, 3.8) is 0 Å². The molecule has 0 saturated carbocycles. The summed E-state index contributed by atoms with van der Waals surface area (Å²) in [7, 11) is 2.23. The van der Waals surface area contributed by atoms with E-state index in [1.54, 1.807) is 6.92 Å². The van der Waals surface area contributed by atoms with Gasteiger partial charge in [-0.25, -0.2) is 0 Å². The van der Waals surface area contributed by atoms with Gasteiger partial charge in [0.1, 0.15) is 0 Å². The molecule has 0 radical (unpaired) electrons. The largest absolute Gasteiger partial charge is 0.302 e. The Hall–Kier alpha value is -2.04. The van der Waals surface area contributed by atoms with Gasteiger partial charge in [0.05, 0.1) is 0 Å². The topological polar surface area (TPSA) is 36.4 Å². The lowest BCUT2D eigenvalue weighted by Gasteiger charge is -2.37. The second-order valence-corrected chi connectivity index (χ2v) is 7.34. The molecule has 4 heteroatoms. The van der Waals surface area contributed by atoms with Crippen LogP contribution in [0.15, 0.2) is 48.7 Å². The van der Waals surface area contributed by atoms with Crippen LogP contribution in [0, 0.1) is 0 Å². The molecule has 2 heterocycles. The Balaban J connectivity index is 1.53. The molecule has 4 nitrogen and oxygen atoms in total. The average Bonchev–Trinajstić information content (AvgIpc) is 2.67. The summed E-state index contributed by atoms with van der Waals surface area (Å²) >= 11 is 0. The van der Waals surface area contributed by atoms with E-state index < -0.39 is 0 Å². The van der Waals surface area contributed by atoms with Gasteiger partial charge in [-0.3, -0.25) is 14.7 Å². The van der Waals surface area contributed by atoms with Crippen molar-refractivity contribution in [3.8, 4) is 0 Å². The van der Waals surface area contributed by atoms with Crippen molar-refractivity contribution in [2.45, 2.75) is 38.8 Å². The van der Waals surface area contributed by atoms with Crippen LogP contribution in [0.2, 0.25) is 0 Å². The molecule has 1 aromatic carbocycles. The fourth-order valence-electron chi connectivity index (χ4n) is 3.70. The van der Waals surface area contributed by atoms with Gasteiger partial charge in [0.25, 0.3) is 0 Å². The Morgan fingerprint density at radius 3 is 2.92 bits per heavy atom. The summed E-state index contributed by atoms with van der Waals surface area (Å²) in [4.78, 5) is 21.0. The smallest absolute Gasteiger partial charge is 0.159 e. The van der Waals surface area contributed by atoms with Crippen molar-refractivity contribution in [1.29, 1.82) is 0 Å². The Kier molecular flexibility index (Phi) is 6.53. The second-order valence-electron chi connectivity index (χ2n) is 7.34. The molecule has 0 amide bonds. The van der Waals surface area contributed by atoms with E-state index in [-0.39, 0.29) is 5.78 Å². The van der Waals surface area contributed by atoms with Gasteiger partial charge in [-0.15, -0.1) is 0 Å². The van der Waals surface area contributed by atoms with E-state index in [1.807, 2.05) is 30.5 Å². The first-order valence-corrected chi connectivity index (χ1v) is 9.54. The Bertz CT molecular complexity index is 716. The predicted molar refractivity (Wildman–Crippen MR) is 105 cm³/mol. The van der Waals surface area contributed by atoms with Crippen LogP contribution in [-0.2, 0) is 13.0 Å². The average molecular weight is 351 g/mol. The van der Waals surface area contributed by atoms with Gasteiger partial charge in [0.15, 0.2) is 5.78 Å². The summed E-state index contributed by atoms with van der Waals surface area (Å²) in [6.07, 6.45) is 5.34. The maximum absolute atomic E-state index is 11.6. The van der Waals surface area contributed by atoms with Gasteiger partial charge in [-0.2, -0.15) is 0 Å². The first-order valence-electron chi connectivity index (χ1n) is 9.54. The molecule has 26 heavy (non-hydrogen) atoms. The van der Waals surface area contributed by atoms with E-state index in [0.29, 0.717) is 6.04 Å². The third kappa shape index (κ3) is 5.23. The zero-order valence-corrected chi connectivity index (χ0v) is 15.9. The van der Waals surface area contributed by atoms with Crippen molar-refractivity contribution in [3.05, 3.63) is 65.5 Å². The molecular weight excluding hydrogens is 322 g/mol. The highest BCUT2D eigenvalue weighted by molar-refractivity contribution is 5.94. The van der Waals surface area contributed by atoms with Crippen LogP contribution in [0.25, 0.3) is 0 Å². The first kappa shape index (κ1) is 18.7. The summed E-state index contributed by atoms with van der Waals surface area (Å²) in [5.41, 5.74) is 3.20. The molecule has 1 fully saturated rings. The summed E-state index contributed by atoms with van der Waals surface area (Å²) in [6.45, 7) is 5.81. The van der Waals surface area contributed by atoms with E-state index in [4.69, 9.17) is 0 Å². The molecule has 0 aliphatic carbocycles. The molecular formula is C22H29N3O. The van der Waals surface area contributed by atoms with Crippen molar-refractivity contribution in [2.75, 3.05) is 26.7 Å². The lowest BCUT2D eigenvalue weighted by molar-refractivity contribution is 0.101.